The van der Waals surface area contributed by atoms with Crippen molar-refractivity contribution in [3.8, 4) is 0 Å². The highest BCUT2D eigenvalue weighted by Gasteiger charge is 2.22. The Balaban J connectivity index is 1.47. The smallest absolute Gasteiger partial charge is 0.266 e. The van der Waals surface area contributed by atoms with Gasteiger partial charge in [0.2, 0.25) is 0 Å². The third kappa shape index (κ3) is 3.06. The van der Waals surface area contributed by atoms with Crippen LogP contribution in [0.2, 0.25) is 0 Å². The second kappa shape index (κ2) is 6.97. The van der Waals surface area contributed by atoms with Gasteiger partial charge in [-0.1, -0.05) is 42.5 Å². The van der Waals surface area contributed by atoms with Crippen LogP contribution >= 0.6 is 11.3 Å². The minimum atomic E-state index is -0.131. The zero-order chi connectivity index (χ0) is 20.0. The van der Waals surface area contributed by atoms with Crippen molar-refractivity contribution in [2.45, 2.75) is 13.3 Å². The Morgan fingerprint density at radius 1 is 1.14 bits per heavy atom. The van der Waals surface area contributed by atoms with E-state index in [0.29, 0.717) is 33.8 Å². The maximum atomic E-state index is 13.1. The van der Waals surface area contributed by atoms with E-state index in [0.717, 1.165) is 12.0 Å². The Labute approximate surface area is 171 Å². The Bertz CT molecular complexity index is 1340. The van der Waals surface area contributed by atoms with E-state index in [1.54, 1.807) is 16.7 Å². The van der Waals surface area contributed by atoms with Crippen LogP contribution < -0.4 is 5.56 Å². The molecule has 5 rings (SSSR count). The predicted molar refractivity (Wildman–Crippen MR) is 117 cm³/mol. The lowest BCUT2D eigenvalue weighted by molar-refractivity contribution is 0.0778. The molecule has 6 heteroatoms. The normalized spacial score (nSPS) is 14.4. The number of aryl methyl sites for hydroxylation is 1. The number of carbonyl (C=O) groups is 1. The number of hydrogen-bond donors (Lipinski definition) is 0. The third-order valence-corrected chi connectivity index (χ3v) is 6.40. The highest BCUT2D eigenvalue weighted by molar-refractivity contribution is 7.20. The van der Waals surface area contributed by atoms with Crippen molar-refractivity contribution in [1.82, 2.24) is 14.3 Å². The molecule has 4 heterocycles. The van der Waals surface area contributed by atoms with Crippen LogP contribution in [-0.4, -0.2) is 33.3 Å². The number of thiophene rings is 1. The number of aromatic nitrogens is 2. The lowest BCUT2D eigenvalue weighted by Crippen LogP contribution is -2.34. The summed E-state index contributed by atoms with van der Waals surface area (Å²) in [6.07, 6.45) is 4.66. The first-order chi connectivity index (χ1) is 14.1. The fourth-order valence-corrected chi connectivity index (χ4v) is 4.78. The van der Waals surface area contributed by atoms with Crippen LogP contribution in [0.3, 0.4) is 0 Å². The van der Waals surface area contributed by atoms with Crippen LogP contribution in [0.1, 0.15) is 27.2 Å². The molecule has 144 valence electrons. The number of hydrogen-bond acceptors (Lipinski definition) is 4. The van der Waals surface area contributed by atoms with Crippen LogP contribution in [0.25, 0.3) is 21.4 Å². The van der Waals surface area contributed by atoms with Gasteiger partial charge in [0.1, 0.15) is 10.5 Å². The molecule has 4 aromatic rings. The zero-order valence-electron chi connectivity index (χ0n) is 16.0. The third-order valence-electron chi connectivity index (χ3n) is 5.38. The monoisotopic (exact) mass is 401 g/mol. The van der Waals surface area contributed by atoms with Crippen molar-refractivity contribution in [1.29, 1.82) is 0 Å². The molecular formula is C23H19N3O2S. The van der Waals surface area contributed by atoms with Crippen LogP contribution in [0, 0.1) is 6.92 Å². The van der Waals surface area contributed by atoms with Crippen molar-refractivity contribution in [3.63, 3.8) is 0 Å². The van der Waals surface area contributed by atoms with Crippen LogP contribution in [0.5, 0.6) is 0 Å². The minimum Gasteiger partial charge on any atom is -0.334 e. The highest BCUT2D eigenvalue weighted by Crippen LogP contribution is 2.27. The van der Waals surface area contributed by atoms with Gasteiger partial charge in [-0.2, -0.15) is 0 Å². The second-order valence-corrected chi connectivity index (χ2v) is 8.26. The molecule has 0 radical (unpaired) electrons. The molecule has 0 atom stereocenters. The van der Waals surface area contributed by atoms with E-state index in [9.17, 15) is 9.59 Å². The van der Waals surface area contributed by atoms with E-state index in [4.69, 9.17) is 0 Å². The Kier molecular flexibility index (Phi) is 4.28. The van der Waals surface area contributed by atoms with Gasteiger partial charge in [0.15, 0.2) is 0 Å². The summed E-state index contributed by atoms with van der Waals surface area (Å²) in [4.78, 5) is 33.6. The van der Waals surface area contributed by atoms with Gasteiger partial charge < -0.3 is 4.90 Å². The molecule has 29 heavy (non-hydrogen) atoms. The molecule has 5 nitrogen and oxygen atoms in total. The van der Waals surface area contributed by atoms with Gasteiger partial charge in [-0.05, 0) is 42.2 Å². The fourth-order valence-electron chi connectivity index (χ4n) is 3.79. The number of carbonyl (C=O) groups excluding carboxylic acids is 1. The summed E-state index contributed by atoms with van der Waals surface area (Å²) in [5, 5.41) is 0.499. The Hall–Kier alpha value is -3.25. The highest BCUT2D eigenvalue weighted by atomic mass is 32.1. The number of pyridine rings is 1. The first-order valence-corrected chi connectivity index (χ1v) is 10.4. The topological polar surface area (TPSA) is 54.7 Å². The van der Waals surface area contributed by atoms with Crippen LogP contribution in [0.15, 0.2) is 65.6 Å². The van der Waals surface area contributed by atoms with E-state index in [2.05, 4.69) is 23.2 Å². The lowest BCUT2D eigenvalue weighted by atomic mass is 9.99. The molecule has 0 aliphatic carbocycles. The van der Waals surface area contributed by atoms with Gasteiger partial charge in [0.05, 0.1) is 10.3 Å². The standard InChI is InChI=1S/C23H19N3O2S/c1-15-6-5-11-26-20(15)24-21-18(22(26)27)14-19(29-21)23(28)25-12-9-17(10-13-25)16-7-3-2-4-8-16/h2-9,11,14H,10,12-13H2,1H3. The van der Waals surface area contributed by atoms with E-state index in [1.165, 1.54) is 22.5 Å². The van der Waals surface area contributed by atoms with E-state index >= 15 is 0 Å². The number of amides is 1. The minimum absolute atomic E-state index is 0.0402. The largest absolute Gasteiger partial charge is 0.334 e. The molecule has 0 saturated heterocycles. The summed E-state index contributed by atoms with van der Waals surface area (Å²) in [7, 11) is 0. The molecule has 0 unspecified atom stereocenters. The molecule has 0 fully saturated rings. The van der Waals surface area contributed by atoms with Crippen molar-refractivity contribution in [2.24, 2.45) is 0 Å². The number of benzene rings is 1. The first-order valence-electron chi connectivity index (χ1n) is 9.57. The molecule has 1 aliphatic heterocycles. The molecule has 0 spiro atoms. The lowest BCUT2D eigenvalue weighted by Gasteiger charge is -2.26. The molecule has 1 amide bonds. The maximum Gasteiger partial charge on any atom is 0.266 e. The van der Waals surface area contributed by atoms with E-state index in [1.807, 2.05) is 42.2 Å². The van der Waals surface area contributed by atoms with Crippen molar-refractivity contribution in [2.75, 3.05) is 13.1 Å². The molecule has 0 saturated carbocycles. The summed E-state index contributed by atoms with van der Waals surface area (Å²) in [6, 6.07) is 15.7. The average Bonchev–Trinajstić information content (AvgIpc) is 3.20. The molecule has 1 aliphatic rings. The summed E-state index contributed by atoms with van der Waals surface area (Å²) >= 11 is 1.30. The average molecular weight is 401 g/mol. The first kappa shape index (κ1) is 17.8. The van der Waals surface area contributed by atoms with E-state index in [-0.39, 0.29) is 11.5 Å². The number of rotatable bonds is 2. The maximum absolute atomic E-state index is 13.1. The van der Waals surface area contributed by atoms with Crippen molar-refractivity contribution >= 4 is 38.7 Å². The van der Waals surface area contributed by atoms with Gasteiger partial charge in [-0.25, -0.2) is 4.98 Å². The number of fused-ring (bicyclic) bond motifs is 2. The fraction of sp³-hybridized carbons (Fsp3) is 0.174. The number of nitrogens with zero attached hydrogens (tertiary/aromatic N) is 3. The van der Waals surface area contributed by atoms with Gasteiger partial charge in [-0.3, -0.25) is 14.0 Å². The Morgan fingerprint density at radius 3 is 2.72 bits per heavy atom. The molecule has 0 bridgehead atoms. The van der Waals surface area contributed by atoms with Crippen LogP contribution in [-0.2, 0) is 0 Å². The van der Waals surface area contributed by atoms with Gasteiger partial charge >= 0.3 is 0 Å². The van der Waals surface area contributed by atoms with Crippen molar-refractivity contribution < 1.29 is 4.79 Å². The molecule has 3 aromatic heterocycles. The van der Waals surface area contributed by atoms with Gasteiger partial charge in [0, 0.05) is 19.3 Å². The summed E-state index contributed by atoms with van der Waals surface area (Å²) in [5.41, 5.74) is 3.92. The van der Waals surface area contributed by atoms with Crippen molar-refractivity contribution in [3.05, 3.63) is 87.2 Å². The summed E-state index contributed by atoms with van der Waals surface area (Å²) in [5.74, 6) is -0.0402. The molecule has 1 aromatic carbocycles. The van der Waals surface area contributed by atoms with E-state index < -0.39 is 0 Å². The molecule has 0 N–H and O–H groups in total. The quantitative estimate of drug-likeness (QED) is 0.507. The van der Waals surface area contributed by atoms with Crippen LogP contribution in [0.4, 0.5) is 0 Å². The predicted octanol–water partition coefficient (Wildman–Crippen LogP) is 4.15. The SMILES string of the molecule is Cc1cccn2c(=O)c3cc(C(=O)N4CC=C(c5ccccc5)CC4)sc3nc12. The summed E-state index contributed by atoms with van der Waals surface area (Å²) < 4.78 is 1.55. The zero-order valence-corrected chi connectivity index (χ0v) is 16.8. The Morgan fingerprint density at radius 2 is 1.97 bits per heavy atom. The van der Waals surface area contributed by atoms with Gasteiger partial charge in [0.25, 0.3) is 11.5 Å². The summed E-state index contributed by atoms with van der Waals surface area (Å²) in [6.45, 7) is 3.17. The molecular weight excluding hydrogens is 382 g/mol. The second-order valence-electron chi connectivity index (χ2n) is 7.23. The van der Waals surface area contributed by atoms with Gasteiger partial charge in [-0.15, -0.1) is 11.3 Å².